The smallest absolute Gasteiger partial charge is 0.321 e. The summed E-state index contributed by atoms with van der Waals surface area (Å²) in [5, 5.41) is 7.59. The second kappa shape index (κ2) is 4.13. The average Bonchev–Trinajstić information content (AvgIpc) is 1.82. The molecule has 0 bridgehead atoms. The highest BCUT2D eigenvalue weighted by Gasteiger charge is 2.11. The Morgan fingerprint density at radius 3 is 2.40 bits per heavy atom. The fourth-order valence-corrected chi connectivity index (χ4v) is 0.730. The van der Waals surface area contributed by atoms with Gasteiger partial charge in [0, 0.05) is 5.75 Å². The summed E-state index contributed by atoms with van der Waals surface area (Å²) in [6, 6.07) is -1.02. The van der Waals surface area contributed by atoms with Crippen LogP contribution in [0.1, 0.15) is 0 Å². The molecule has 5 N–H and O–H groups in total. The van der Waals surface area contributed by atoms with E-state index in [1.807, 2.05) is 0 Å². The van der Waals surface area contributed by atoms with Gasteiger partial charge in [0.25, 0.3) is 5.24 Å². The SMILES string of the molecule is NC(=O)SC[C@H](N)C(=O)O. The van der Waals surface area contributed by atoms with Crippen molar-refractivity contribution in [2.75, 3.05) is 5.75 Å². The van der Waals surface area contributed by atoms with Gasteiger partial charge in [-0.2, -0.15) is 0 Å². The topological polar surface area (TPSA) is 106 Å². The van der Waals surface area contributed by atoms with Gasteiger partial charge in [-0.25, -0.2) is 0 Å². The summed E-state index contributed by atoms with van der Waals surface area (Å²) in [5.41, 5.74) is 9.75. The lowest BCUT2D eigenvalue weighted by atomic mass is 10.4. The van der Waals surface area contributed by atoms with E-state index < -0.39 is 17.3 Å². The van der Waals surface area contributed by atoms with E-state index in [-0.39, 0.29) is 5.75 Å². The summed E-state index contributed by atoms with van der Waals surface area (Å²) < 4.78 is 0. The molecule has 6 heteroatoms. The van der Waals surface area contributed by atoms with Crippen molar-refractivity contribution in [3.8, 4) is 0 Å². The van der Waals surface area contributed by atoms with Gasteiger partial charge in [0.05, 0.1) is 0 Å². The average molecular weight is 164 g/mol. The number of aliphatic carboxylic acids is 1. The number of primary amides is 1. The maximum absolute atomic E-state index is 10.1. The summed E-state index contributed by atoms with van der Waals surface area (Å²) in [7, 11) is 0. The van der Waals surface area contributed by atoms with Gasteiger partial charge in [-0.05, 0) is 0 Å². The first-order valence-electron chi connectivity index (χ1n) is 2.44. The van der Waals surface area contributed by atoms with Crippen LogP contribution in [0.15, 0.2) is 0 Å². The molecular weight excluding hydrogens is 156 g/mol. The molecule has 0 rings (SSSR count). The molecule has 0 aliphatic rings. The zero-order valence-corrected chi connectivity index (χ0v) is 5.93. The van der Waals surface area contributed by atoms with Crippen LogP contribution in [0.4, 0.5) is 4.79 Å². The first kappa shape index (κ1) is 9.25. The number of carboxylic acids is 1. The van der Waals surface area contributed by atoms with E-state index >= 15 is 0 Å². The number of nitrogens with two attached hydrogens (primary N) is 2. The molecular formula is C4H8N2O3S. The third kappa shape index (κ3) is 4.16. The van der Waals surface area contributed by atoms with Crippen molar-refractivity contribution in [2.45, 2.75) is 6.04 Å². The maximum Gasteiger partial charge on any atom is 0.321 e. The van der Waals surface area contributed by atoms with E-state index in [4.69, 9.17) is 16.6 Å². The number of carboxylic acid groups (broad SMARTS) is 1. The molecule has 0 fully saturated rings. The second-order valence-electron chi connectivity index (χ2n) is 1.57. The van der Waals surface area contributed by atoms with Gasteiger partial charge < -0.3 is 16.6 Å². The van der Waals surface area contributed by atoms with Gasteiger partial charge in [0.15, 0.2) is 0 Å². The fraction of sp³-hybridized carbons (Fsp3) is 0.500. The standard InChI is InChI=1S/C4H8N2O3S/c5-2(3(7)8)1-10-4(6)9/h2H,1,5H2,(H2,6,9)(H,7,8)/t2-/m0/s1. The first-order valence-corrected chi connectivity index (χ1v) is 3.43. The molecule has 0 unspecified atom stereocenters. The van der Waals surface area contributed by atoms with Crippen LogP contribution in [-0.4, -0.2) is 28.1 Å². The Hall–Kier alpha value is -0.750. The molecule has 1 atom stereocenters. The van der Waals surface area contributed by atoms with E-state index in [2.05, 4.69) is 0 Å². The summed E-state index contributed by atoms with van der Waals surface area (Å²) in [4.78, 5) is 20.1. The molecule has 5 nitrogen and oxygen atoms in total. The molecule has 0 heterocycles. The van der Waals surface area contributed by atoms with Crippen molar-refractivity contribution >= 4 is 23.0 Å². The van der Waals surface area contributed by atoms with Gasteiger partial charge in [-0.3, -0.25) is 9.59 Å². The Kier molecular flexibility index (Phi) is 3.82. The van der Waals surface area contributed by atoms with Crippen LogP contribution >= 0.6 is 11.8 Å². The molecule has 0 radical (unpaired) electrons. The van der Waals surface area contributed by atoms with Crippen LogP contribution in [0.5, 0.6) is 0 Å². The highest BCUT2D eigenvalue weighted by molar-refractivity contribution is 8.13. The number of hydrogen-bond acceptors (Lipinski definition) is 4. The lowest BCUT2D eigenvalue weighted by molar-refractivity contribution is -0.137. The maximum atomic E-state index is 10.1. The predicted octanol–water partition coefficient (Wildman–Crippen LogP) is -0.790. The fourth-order valence-electron chi connectivity index (χ4n) is 0.243. The van der Waals surface area contributed by atoms with E-state index in [9.17, 15) is 9.59 Å². The molecule has 0 spiro atoms. The highest BCUT2D eigenvalue weighted by atomic mass is 32.2. The minimum Gasteiger partial charge on any atom is -0.480 e. The molecule has 10 heavy (non-hydrogen) atoms. The highest BCUT2D eigenvalue weighted by Crippen LogP contribution is 2.00. The molecule has 0 aromatic heterocycles. The van der Waals surface area contributed by atoms with Crippen LogP contribution < -0.4 is 11.5 Å². The summed E-state index contributed by atoms with van der Waals surface area (Å²) in [6.07, 6.45) is 0. The quantitative estimate of drug-likeness (QED) is 0.506. The molecule has 0 aromatic carbocycles. The van der Waals surface area contributed by atoms with E-state index in [0.29, 0.717) is 11.8 Å². The van der Waals surface area contributed by atoms with Crippen LogP contribution in [0.25, 0.3) is 0 Å². The molecule has 0 aromatic rings. The van der Waals surface area contributed by atoms with Gasteiger partial charge in [-0.15, -0.1) is 0 Å². The second-order valence-corrected chi connectivity index (χ2v) is 2.60. The Bertz CT molecular complexity index is 149. The monoisotopic (exact) mass is 164 g/mol. The van der Waals surface area contributed by atoms with Gasteiger partial charge in [0.1, 0.15) is 6.04 Å². The Morgan fingerprint density at radius 2 is 2.10 bits per heavy atom. The number of hydrogen-bond donors (Lipinski definition) is 3. The molecule has 0 aliphatic heterocycles. The minimum absolute atomic E-state index is 0.0185. The Morgan fingerprint density at radius 1 is 1.60 bits per heavy atom. The number of carbonyl (C=O) groups excluding carboxylic acids is 1. The van der Waals surface area contributed by atoms with E-state index in [1.165, 1.54) is 0 Å². The molecule has 0 saturated heterocycles. The molecule has 1 amide bonds. The van der Waals surface area contributed by atoms with Gasteiger partial charge in [-0.1, -0.05) is 11.8 Å². The Balaban J connectivity index is 3.49. The van der Waals surface area contributed by atoms with Crippen LogP contribution in [-0.2, 0) is 4.79 Å². The molecule has 0 saturated carbocycles. The molecule has 0 aliphatic carbocycles. The van der Waals surface area contributed by atoms with E-state index in [0.717, 1.165) is 0 Å². The normalized spacial score (nSPS) is 12.5. The van der Waals surface area contributed by atoms with Gasteiger partial charge in [0.2, 0.25) is 0 Å². The summed E-state index contributed by atoms with van der Waals surface area (Å²) >= 11 is 0.701. The van der Waals surface area contributed by atoms with Crippen LogP contribution in [0.2, 0.25) is 0 Å². The van der Waals surface area contributed by atoms with Crippen molar-refractivity contribution in [2.24, 2.45) is 11.5 Å². The first-order chi connectivity index (χ1) is 4.54. The minimum atomic E-state index is -1.13. The van der Waals surface area contributed by atoms with Crippen LogP contribution in [0, 0.1) is 0 Å². The third-order valence-corrected chi connectivity index (χ3v) is 1.53. The number of thioether (sulfide) groups is 1. The third-order valence-electron chi connectivity index (χ3n) is 0.722. The number of rotatable bonds is 3. The lowest BCUT2D eigenvalue weighted by Gasteiger charge is -2.01. The Labute approximate surface area is 61.8 Å². The zero-order chi connectivity index (χ0) is 8.15. The summed E-state index contributed by atoms with van der Waals surface area (Å²) in [6.45, 7) is 0. The van der Waals surface area contributed by atoms with Crippen molar-refractivity contribution in [1.29, 1.82) is 0 Å². The number of amides is 1. The zero-order valence-electron chi connectivity index (χ0n) is 5.11. The van der Waals surface area contributed by atoms with Crippen LogP contribution in [0.3, 0.4) is 0 Å². The largest absolute Gasteiger partial charge is 0.480 e. The predicted molar refractivity (Wildman–Crippen MR) is 37.7 cm³/mol. The van der Waals surface area contributed by atoms with Crippen molar-refractivity contribution in [3.63, 3.8) is 0 Å². The summed E-state index contributed by atoms with van der Waals surface area (Å²) in [5.74, 6) is -1.11. The van der Waals surface area contributed by atoms with Crippen molar-refractivity contribution in [3.05, 3.63) is 0 Å². The van der Waals surface area contributed by atoms with Crippen molar-refractivity contribution < 1.29 is 14.7 Å². The molecule has 58 valence electrons. The van der Waals surface area contributed by atoms with Crippen molar-refractivity contribution in [1.82, 2.24) is 0 Å². The van der Waals surface area contributed by atoms with E-state index in [1.54, 1.807) is 0 Å². The number of carbonyl (C=O) groups is 2. The van der Waals surface area contributed by atoms with Gasteiger partial charge >= 0.3 is 5.97 Å². The lowest BCUT2D eigenvalue weighted by Crippen LogP contribution is -2.33.